The molecular formula is C14H15N3. The Labute approximate surface area is 101 Å². The summed E-state index contributed by atoms with van der Waals surface area (Å²) in [5.74, 6) is 0.843. The SMILES string of the molecule is c1cc(Nc2ccc3c(c2)CCCC3)ncn1. The molecule has 1 aromatic heterocycles. The van der Waals surface area contributed by atoms with Crippen molar-refractivity contribution >= 4 is 11.5 Å². The van der Waals surface area contributed by atoms with Crippen LogP contribution in [0.4, 0.5) is 11.5 Å². The van der Waals surface area contributed by atoms with Crippen molar-refractivity contribution in [2.75, 3.05) is 5.32 Å². The van der Waals surface area contributed by atoms with Crippen LogP contribution in [-0.4, -0.2) is 9.97 Å². The van der Waals surface area contributed by atoms with Gasteiger partial charge in [-0.2, -0.15) is 0 Å². The lowest BCUT2D eigenvalue weighted by atomic mass is 9.91. The lowest BCUT2D eigenvalue weighted by Crippen LogP contribution is -2.03. The lowest BCUT2D eigenvalue weighted by Gasteiger charge is -2.16. The van der Waals surface area contributed by atoms with E-state index in [2.05, 4.69) is 33.5 Å². The van der Waals surface area contributed by atoms with Crippen LogP contribution in [0.3, 0.4) is 0 Å². The molecule has 1 aliphatic rings. The van der Waals surface area contributed by atoms with E-state index in [1.807, 2.05) is 6.07 Å². The molecule has 0 unspecified atom stereocenters. The van der Waals surface area contributed by atoms with Crippen molar-refractivity contribution in [2.24, 2.45) is 0 Å². The largest absolute Gasteiger partial charge is 0.340 e. The van der Waals surface area contributed by atoms with Crippen molar-refractivity contribution in [1.82, 2.24) is 9.97 Å². The molecule has 1 N–H and O–H groups in total. The van der Waals surface area contributed by atoms with Crippen LogP contribution in [0.5, 0.6) is 0 Å². The van der Waals surface area contributed by atoms with Gasteiger partial charge in [0.05, 0.1) is 0 Å². The Morgan fingerprint density at radius 3 is 2.71 bits per heavy atom. The minimum atomic E-state index is 0.843. The number of hydrogen-bond donors (Lipinski definition) is 1. The first kappa shape index (κ1) is 10.3. The van der Waals surface area contributed by atoms with Crippen LogP contribution in [0.2, 0.25) is 0 Å². The van der Waals surface area contributed by atoms with Gasteiger partial charge < -0.3 is 5.32 Å². The highest BCUT2D eigenvalue weighted by Crippen LogP contribution is 2.25. The molecule has 3 rings (SSSR count). The summed E-state index contributed by atoms with van der Waals surface area (Å²) in [5, 5.41) is 3.30. The van der Waals surface area contributed by atoms with Crippen LogP contribution >= 0.6 is 0 Å². The van der Waals surface area contributed by atoms with Gasteiger partial charge in [0.15, 0.2) is 0 Å². The second kappa shape index (κ2) is 4.53. The molecule has 0 bridgehead atoms. The Morgan fingerprint density at radius 2 is 1.88 bits per heavy atom. The van der Waals surface area contributed by atoms with E-state index in [0.29, 0.717) is 0 Å². The molecule has 0 spiro atoms. The van der Waals surface area contributed by atoms with Crippen LogP contribution in [-0.2, 0) is 12.8 Å². The number of rotatable bonds is 2. The zero-order valence-corrected chi connectivity index (χ0v) is 9.69. The van der Waals surface area contributed by atoms with Crippen molar-refractivity contribution in [3.05, 3.63) is 47.9 Å². The first-order valence-corrected chi connectivity index (χ1v) is 6.07. The van der Waals surface area contributed by atoms with Gasteiger partial charge >= 0.3 is 0 Å². The highest BCUT2D eigenvalue weighted by molar-refractivity contribution is 5.58. The topological polar surface area (TPSA) is 37.8 Å². The first-order chi connectivity index (χ1) is 8.42. The summed E-state index contributed by atoms with van der Waals surface area (Å²) in [6, 6.07) is 8.49. The summed E-state index contributed by atoms with van der Waals surface area (Å²) in [4.78, 5) is 8.07. The van der Waals surface area contributed by atoms with Gasteiger partial charge in [-0.1, -0.05) is 6.07 Å². The Hall–Kier alpha value is -1.90. The Morgan fingerprint density at radius 1 is 1.00 bits per heavy atom. The molecule has 3 heteroatoms. The number of fused-ring (bicyclic) bond motifs is 1. The van der Waals surface area contributed by atoms with Gasteiger partial charge in [-0.3, -0.25) is 0 Å². The van der Waals surface area contributed by atoms with E-state index in [0.717, 1.165) is 11.5 Å². The molecule has 0 radical (unpaired) electrons. The van der Waals surface area contributed by atoms with Crippen LogP contribution in [0.1, 0.15) is 24.0 Å². The van der Waals surface area contributed by atoms with Crippen LogP contribution < -0.4 is 5.32 Å². The van der Waals surface area contributed by atoms with Crippen LogP contribution in [0.25, 0.3) is 0 Å². The molecule has 86 valence electrons. The number of nitrogens with one attached hydrogen (secondary N) is 1. The fraction of sp³-hybridized carbons (Fsp3) is 0.286. The molecule has 3 nitrogen and oxygen atoms in total. The molecule has 0 fully saturated rings. The zero-order valence-electron chi connectivity index (χ0n) is 9.69. The Bertz CT molecular complexity index is 508. The molecule has 0 saturated heterocycles. The van der Waals surface area contributed by atoms with Crippen molar-refractivity contribution < 1.29 is 0 Å². The standard InChI is InChI=1S/C14H15N3/c1-2-4-12-9-13(6-5-11(12)3-1)17-14-7-8-15-10-16-14/h5-10H,1-4H2,(H,15,16,17). The molecule has 0 atom stereocenters. The second-order valence-electron chi connectivity index (χ2n) is 4.41. The van der Waals surface area contributed by atoms with E-state index in [1.165, 1.54) is 36.8 Å². The quantitative estimate of drug-likeness (QED) is 0.853. The smallest absolute Gasteiger partial charge is 0.133 e. The summed E-state index contributed by atoms with van der Waals surface area (Å²) in [6.07, 6.45) is 8.36. The third kappa shape index (κ3) is 2.28. The maximum absolute atomic E-state index is 4.16. The van der Waals surface area contributed by atoms with Gasteiger partial charge in [-0.05, 0) is 55.0 Å². The molecule has 0 saturated carbocycles. The molecule has 2 aromatic rings. The van der Waals surface area contributed by atoms with Gasteiger partial charge in [0, 0.05) is 11.9 Å². The third-order valence-corrected chi connectivity index (χ3v) is 3.20. The number of anilines is 2. The monoisotopic (exact) mass is 225 g/mol. The number of aryl methyl sites for hydroxylation is 2. The van der Waals surface area contributed by atoms with E-state index in [9.17, 15) is 0 Å². The van der Waals surface area contributed by atoms with Crippen LogP contribution in [0.15, 0.2) is 36.8 Å². The Kier molecular flexibility index (Phi) is 2.74. The maximum Gasteiger partial charge on any atom is 0.133 e. The van der Waals surface area contributed by atoms with Gasteiger partial charge in [-0.25, -0.2) is 9.97 Å². The predicted octanol–water partition coefficient (Wildman–Crippen LogP) is 3.10. The van der Waals surface area contributed by atoms with Crippen molar-refractivity contribution in [2.45, 2.75) is 25.7 Å². The summed E-state index contributed by atoms with van der Waals surface area (Å²) in [6.45, 7) is 0. The highest BCUT2D eigenvalue weighted by Gasteiger charge is 2.09. The molecule has 1 aromatic carbocycles. The molecule has 1 heterocycles. The summed E-state index contributed by atoms with van der Waals surface area (Å²) < 4.78 is 0. The van der Waals surface area contributed by atoms with E-state index in [4.69, 9.17) is 0 Å². The Balaban J connectivity index is 1.84. The normalized spacial score (nSPS) is 14.1. The summed E-state index contributed by atoms with van der Waals surface area (Å²) in [5.41, 5.74) is 4.10. The average Bonchev–Trinajstić information content (AvgIpc) is 2.40. The van der Waals surface area contributed by atoms with Crippen LogP contribution in [0, 0.1) is 0 Å². The van der Waals surface area contributed by atoms with Crippen molar-refractivity contribution in [1.29, 1.82) is 0 Å². The second-order valence-corrected chi connectivity index (χ2v) is 4.41. The number of hydrogen-bond acceptors (Lipinski definition) is 3. The zero-order chi connectivity index (χ0) is 11.5. The highest BCUT2D eigenvalue weighted by atomic mass is 15.0. The molecule has 0 amide bonds. The van der Waals surface area contributed by atoms with Gasteiger partial charge in [0.25, 0.3) is 0 Å². The van der Waals surface area contributed by atoms with Gasteiger partial charge in [0.1, 0.15) is 12.1 Å². The van der Waals surface area contributed by atoms with Gasteiger partial charge in [-0.15, -0.1) is 0 Å². The first-order valence-electron chi connectivity index (χ1n) is 6.07. The number of benzene rings is 1. The third-order valence-electron chi connectivity index (χ3n) is 3.20. The fourth-order valence-electron chi connectivity index (χ4n) is 2.32. The number of aromatic nitrogens is 2. The van der Waals surface area contributed by atoms with E-state index in [1.54, 1.807) is 12.5 Å². The molecule has 17 heavy (non-hydrogen) atoms. The predicted molar refractivity (Wildman–Crippen MR) is 68.4 cm³/mol. The van der Waals surface area contributed by atoms with E-state index in [-0.39, 0.29) is 0 Å². The summed E-state index contributed by atoms with van der Waals surface area (Å²) >= 11 is 0. The molecular weight excluding hydrogens is 210 g/mol. The van der Waals surface area contributed by atoms with Gasteiger partial charge in [0.2, 0.25) is 0 Å². The maximum atomic E-state index is 4.16. The average molecular weight is 225 g/mol. The minimum absolute atomic E-state index is 0.843. The lowest BCUT2D eigenvalue weighted by molar-refractivity contribution is 0.686. The van der Waals surface area contributed by atoms with Crippen molar-refractivity contribution in [3.8, 4) is 0 Å². The molecule has 1 aliphatic carbocycles. The minimum Gasteiger partial charge on any atom is -0.340 e. The number of nitrogens with zero attached hydrogens (tertiary/aromatic N) is 2. The summed E-state index contributed by atoms with van der Waals surface area (Å²) in [7, 11) is 0. The molecule has 0 aliphatic heterocycles. The van der Waals surface area contributed by atoms with Crippen molar-refractivity contribution in [3.63, 3.8) is 0 Å². The van der Waals surface area contributed by atoms with E-state index < -0.39 is 0 Å². The van der Waals surface area contributed by atoms with E-state index >= 15 is 0 Å². The fourth-order valence-corrected chi connectivity index (χ4v) is 2.32.